The minimum atomic E-state index is -4.17. The van der Waals surface area contributed by atoms with Crippen LogP contribution < -0.4 is 16.0 Å². The van der Waals surface area contributed by atoms with Crippen LogP contribution in [0.1, 0.15) is 32.3 Å². The van der Waals surface area contributed by atoms with Gasteiger partial charge in [-0.3, -0.25) is 18.6 Å². The first-order valence-corrected chi connectivity index (χ1v) is 11.0. The Balaban J connectivity index is 1.94. The van der Waals surface area contributed by atoms with E-state index in [2.05, 4.69) is 9.82 Å². The maximum Gasteiger partial charge on any atom is 0.331 e. The summed E-state index contributed by atoms with van der Waals surface area (Å²) in [5.41, 5.74) is -1.18. The Morgan fingerprint density at radius 1 is 1.23 bits per heavy atom. The molecule has 1 aliphatic rings. The van der Waals surface area contributed by atoms with E-state index in [-0.39, 0.29) is 24.0 Å². The quantitative estimate of drug-likeness (QED) is 0.620. The van der Waals surface area contributed by atoms with E-state index in [4.69, 9.17) is 0 Å². The van der Waals surface area contributed by atoms with Crippen molar-refractivity contribution in [1.82, 2.24) is 23.6 Å². The summed E-state index contributed by atoms with van der Waals surface area (Å²) in [7, 11) is -2.45. The topological polar surface area (TPSA) is 108 Å². The maximum atomic E-state index is 14.8. The van der Waals surface area contributed by atoms with Gasteiger partial charge in [-0.25, -0.2) is 22.3 Å². The second-order valence-electron chi connectivity index (χ2n) is 7.91. The van der Waals surface area contributed by atoms with Gasteiger partial charge < -0.3 is 0 Å². The molecule has 1 saturated carbocycles. The van der Waals surface area contributed by atoms with Crippen LogP contribution in [0.15, 0.2) is 39.0 Å². The molecule has 0 aliphatic heterocycles. The molecular formula is C19H22FN5O4S. The molecule has 1 aromatic carbocycles. The first-order valence-electron chi connectivity index (χ1n) is 9.53. The maximum absolute atomic E-state index is 14.8. The van der Waals surface area contributed by atoms with E-state index in [9.17, 15) is 22.4 Å². The molecule has 0 spiro atoms. The van der Waals surface area contributed by atoms with Gasteiger partial charge in [0.15, 0.2) is 0 Å². The van der Waals surface area contributed by atoms with Crippen molar-refractivity contribution in [2.45, 2.75) is 50.2 Å². The summed E-state index contributed by atoms with van der Waals surface area (Å²) in [5.74, 6) is -1.01. The summed E-state index contributed by atoms with van der Waals surface area (Å²) in [5, 5.41) is 3.99. The summed E-state index contributed by atoms with van der Waals surface area (Å²) in [4.78, 5) is 25.4. The summed E-state index contributed by atoms with van der Waals surface area (Å²) in [6.07, 6.45) is 4.53. The molecule has 2 aromatic heterocycles. The smallest absolute Gasteiger partial charge is 0.293 e. The van der Waals surface area contributed by atoms with Crippen molar-refractivity contribution in [1.29, 1.82) is 0 Å². The lowest BCUT2D eigenvalue weighted by molar-refractivity contribution is 0.540. The predicted molar refractivity (Wildman–Crippen MR) is 108 cm³/mol. The number of nitrogens with zero attached hydrogens (tertiary/aromatic N) is 4. The molecule has 0 unspecified atom stereocenters. The van der Waals surface area contributed by atoms with Gasteiger partial charge in [0.05, 0.1) is 23.6 Å². The van der Waals surface area contributed by atoms with Crippen LogP contribution in [0.5, 0.6) is 0 Å². The lowest BCUT2D eigenvalue weighted by atomic mass is 10.2. The van der Waals surface area contributed by atoms with E-state index < -0.39 is 37.5 Å². The average molecular weight is 435 g/mol. The number of benzene rings is 1. The number of aryl methyl sites for hydroxylation is 2. The van der Waals surface area contributed by atoms with Crippen LogP contribution in [-0.2, 0) is 30.2 Å². The van der Waals surface area contributed by atoms with Crippen molar-refractivity contribution >= 4 is 20.9 Å². The van der Waals surface area contributed by atoms with E-state index >= 15 is 0 Å². The van der Waals surface area contributed by atoms with Crippen molar-refractivity contribution in [2.75, 3.05) is 0 Å². The van der Waals surface area contributed by atoms with Crippen LogP contribution in [0.2, 0.25) is 0 Å². The minimum Gasteiger partial charge on any atom is -0.293 e. The number of aromatic nitrogens is 4. The number of sulfonamides is 1. The van der Waals surface area contributed by atoms with Crippen molar-refractivity contribution in [3.63, 3.8) is 0 Å². The van der Waals surface area contributed by atoms with E-state index in [1.165, 1.54) is 10.8 Å². The van der Waals surface area contributed by atoms with Crippen LogP contribution in [-0.4, -0.2) is 32.9 Å². The molecular weight excluding hydrogens is 413 g/mol. The molecule has 0 amide bonds. The highest BCUT2D eigenvalue weighted by atomic mass is 32.2. The Labute approximate surface area is 171 Å². The van der Waals surface area contributed by atoms with Crippen LogP contribution in [0, 0.1) is 5.82 Å². The molecule has 160 valence electrons. The van der Waals surface area contributed by atoms with Crippen molar-refractivity contribution in [2.24, 2.45) is 7.05 Å². The largest absolute Gasteiger partial charge is 0.331 e. The first-order chi connectivity index (χ1) is 14.0. The monoisotopic (exact) mass is 435 g/mol. The summed E-state index contributed by atoms with van der Waals surface area (Å²) < 4.78 is 46.5. The third-order valence-corrected chi connectivity index (χ3v) is 7.02. The molecule has 30 heavy (non-hydrogen) atoms. The second-order valence-corrected chi connectivity index (χ2v) is 9.56. The Kier molecular flexibility index (Phi) is 4.70. The van der Waals surface area contributed by atoms with Gasteiger partial charge >= 0.3 is 5.69 Å². The fraction of sp³-hybridized carbons (Fsp3) is 0.421. The van der Waals surface area contributed by atoms with Gasteiger partial charge in [-0.05, 0) is 38.8 Å². The van der Waals surface area contributed by atoms with Crippen LogP contribution >= 0.6 is 0 Å². The van der Waals surface area contributed by atoms with Crippen molar-refractivity contribution in [3.8, 4) is 0 Å². The standard InChI is InChI=1S/C19H22FN5O4S/c1-4-24-15-8-14(20)16(30(28,29)22-19(2)5-6-19)7-13(15)17(26)25(18(24)27)11-12-9-21-23(3)10-12/h7-10,22H,4-6,11H2,1-3H3. The van der Waals surface area contributed by atoms with Crippen molar-refractivity contribution < 1.29 is 12.8 Å². The van der Waals surface area contributed by atoms with Gasteiger partial charge in [0.1, 0.15) is 10.7 Å². The number of fused-ring (bicyclic) bond motifs is 1. The van der Waals surface area contributed by atoms with E-state index in [1.54, 1.807) is 31.8 Å². The molecule has 0 radical (unpaired) electrons. The molecule has 0 bridgehead atoms. The van der Waals surface area contributed by atoms with E-state index in [1.807, 2.05) is 0 Å². The molecule has 9 nitrogen and oxygen atoms in total. The molecule has 11 heteroatoms. The molecule has 3 aromatic rings. The summed E-state index contributed by atoms with van der Waals surface area (Å²) >= 11 is 0. The molecule has 0 saturated heterocycles. The summed E-state index contributed by atoms with van der Waals surface area (Å²) in [6.45, 7) is 3.58. The number of halogens is 1. The lowest BCUT2D eigenvalue weighted by Crippen LogP contribution is -2.40. The van der Waals surface area contributed by atoms with Gasteiger partial charge in [0.2, 0.25) is 10.0 Å². The highest BCUT2D eigenvalue weighted by Gasteiger charge is 2.42. The zero-order valence-corrected chi connectivity index (χ0v) is 17.7. The zero-order chi connectivity index (χ0) is 21.8. The number of hydrogen-bond donors (Lipinski definition) is 1. The van der Waals surface area contributed by atoms with Gasteiger partial charge in [0, 0.05) is 30.9 Å². The Bertz CT molecular complexity index is 1380. The van der Waals surface area contributed by atoms with Crippen LogP contribution in [0.25, 0.3) is 10.9 Å². The minimum absolute atomic E-state index is 0.0305. The van der Waals surface area contributed by atoms with Gasteiger partial charge in [-0.15, -0.1) is 0 Å². The Morgan fingerprint density at radius 3 is 2.50 bits per heavy atom. The van der Waals surface area contributed by atoms with Gasteiger partial charge in [0.25, 0.3) is 5.56 Å². The van der Waals surface area contributed by atoms with Crippen LogP contribution in [0.4, 0.5) is 4.39 Å². The fourth-order valence-corrected chi connectivity index (χ4v) is 5.03. The number of hydrogen-bond acceptors (Lipinski definition) is 5. The highest BCUT2D eigenvalue weighted by molar-refractivity contribution is 7.89. The first kappa shape index (κ1) is 20.5. The molecule has 0 atom stereocenters. The zero-order valence-electron chi connectivity index (χ0n) is 16.8. The van der Waals surface area contributed by atoms with Crippen LogP contribution in [0.3, 0.4) is 0 Å². The normalized spacial score (nSPS) is 15.6. The third kappa shape index (κ3) is 3.47. The lowest BCUT2D eigenvalue weighted by Gasteiger charge is -2.16. The molecule has 2 heterocycles. The molecule has 1 N–H and O–H groups in total. The van der Waals surface area contributed by atoms with E-state index in [0.29, 0.717) is 18.4 Å². The summed E-state index contributed by atoms with van der Waals surface area (Å²) in [6, 6.07) is 1.96. The molecule has 1 aliphatic carbocycles. The molecule has 1 fully saturated rings. The molecule has 4 rings (SSSR count). The average Bonchev–Trinajstić information content (AvgIpc) is 3.23. The Hall–Kier alpha value is -2.79. The van der Waals surface area contributed by atoms with E-state index in [0.717, 1.165) is 16.7 Å². The van der Waals surface area contributed by atoms with Crippen molar-refractivity contribution in [3.05, 3.63) is 56.7 Å². The number of nitrogens with one attached hydrogen (secondary N) is 1. The second kappa shape index (κ2) is 6.88. The Morgan fingerprint density at radius 2 is 1.93 bits per heavy atom. The SMILES string of the molecule is CCn1c(=O)n(Cc2cnn(C)c2)c(=O)c2cc(S(=O)(=O)NC3(C)CC3)c(F)cc21. The fourth-order valence-electron chi connectivity index (χ4n) is 3.47. The highest BCUT2D eigenvalue weighted by Crippen LogP contribution is 2.36. The number of rotatable bonds is 6. The predicted octanol–water partition coefficient (Wildman–Crippen LogP) is 0.935. The third-order valence-electron chi connectivity index (χ3n) is 5.36. The van der Waals surface area contributed by atoms with Gasteiger partial charge in [-0.2, -0.15) is 5.10 Å². The van der Waals surface area contributed by atoms with Gasteiger partial charge in [-0.1, -0.05) is 0 Å².